The molecule has 8 heteroatoms. The fourth-order valence-corrected chi connectivity index (χ4v) is 2.75. The summed E-state index contributed by atoms with van der Waals surface area (Å²) in [6, 6.07) is 12.1. The summed E-state index contributed by atoms with van der Waals surface area (Å²) >= 11 is 0. The molecule has 2 rings (SSSR count). The molecule has 2 aromatic rings. The number of ether oxygens (including phenoxy) is 4. The van der Waals surface area contributed by atoms with Crippen LogP contribution in [0.25, 0.3) is 12.2 Å². The van der Waals surface area contributed by atoms with Crippen LogP contribution in [0.2, 0.25) is 0 Å². The standard InChI is InChI=1S/C22H23NO7/c1-27-18-12-15(13-19(28-2)20(18)29-3)11-17(22(25)30-4)16(21(24)23-26)10-14-8-6-5-7-9-14/h5-13,26H,1-4H3,(H,23,24)/b16-10+,17-11+. The van der Waals surface area contributed by atoms with E-state index in [0.717, 1.165) is 0 Å². The Morgan fingerprint density at radius 3 is 1.87 bits per heavy atom. The van der Waals surface area contributed by atoms with Gasteiger partial charge in [0, 0.05) is 0 Å². The van der Waals surface area contributed by atoms with Crippen LogP contribution in [0.1, 0.15) is 11.1 Å². The average molecular weight is 413 g/mol. The predicted molar refractivity (Wildman–Crippen MR) is 110 cm³/mol. The van der Waals surface area contributed by atoms with E-state index < -0.39 is 11.9 Å². The largest absolute Gasteiger partial charge is 0.493 e. The zero-order valence-electron chi connectivity index (χ0n) is 17.1. The highest BCUT2D eigenvalue weighted by Crippen LogP contribution is 2.39. The zero-order chi connectivity index (χ0) is 22.1. The summed E-state index contributed by atoms with van der Waals surface area (Å²) < 4.78 is 20.8. The Bertz CT molecular complexity index is 940. The first kappa shape index (κ1) is 22.5. The SMILES string of the molecule is COC(=O)C(=C/c1cc(OC)c(OC)c(OC)c1)/C(=C\c1ccccc1)C(=O)NO. The molecule has 0 aliphatic carbocycles. The number of hydrogen-bond donors (Lipinski definition) is 2. The van der Waals surface area contributed by atoms with Crippen molar-refractivity contribution in [2.24, 2.45) is 0 Å². The molecule has 0 saturated heterocycles. The Labute approximate surface area is 174 Å². The van der Waals surface area contributed by atoms with Gasteiger partial charge in [-0.05, 0) is 35.4 Å². The van der Waals surface area contributed by atoms with Crippen LogP contribution in [0.3, 0.4) is 0 Å². The lowest BCUT2D eigenvalue weighted by Crippen LogP contribution is -2.24. The third-order valence-corrected chi connectivity index (χ3v) is 4.15. The smallest absolute Gasteiger partial charge is 0.338 e. The van der Waals surface area contributed by atoms with Crippen LogP contribution in [-0.4, -0.2) is 45.5 Å². The molecule has 0 fully saturated rings. The number of nitrogens with one attached hydrogen (secondary N) is 1. The van der Waals surface area contributed by atoms with Gasteiger partial charge in [0.25, 0.3) is 5.91 Å². The van der Waals surface area contributed by atoms with Crippen molar-refractivity contribution >= 4 is 24.0 Å². The van der Waals surface area contributed by atoms with Crippen LogP contribution in [0.15, 0.2) is 53.6 Å². The highest BCUT2D eigenvalue weighted by molar-refractivity contribution is 6.14. The minimum atomic E-state index is -0.872. The summed E-state index contributed by atoms with van der Waals surface area (Å²) in [5.74, 6) is -0.526. The third-order valence-electron chi connectivity index (χ3n) is 4.15. The number of esters is 1. The maximum Gasteiger partial charge on any atom is 0.338 e. The van der Waals surface area contributed by atoms with E-state index in [1.165, 1.54) is 40.6 Å². The lowest BCUT2D eigenvalue weighted by molar-refractivity contribution is -0.136. The van der Waals surface area contributed by atoms with E-state index in [1.54, 1.807) is 41.9 Å². The number of amides is 1. The summed E-state index contributed by atoms with van der Waals surface area (Å²) in [5, 5.41) is 9.21. The maximum absolute atomic E-state index is 12.5. The number of benzene rings is 2. The van der Waals surface area contributed by atoms with Gasteiger partial charge in [-0.2, -0.15) is 0 Å². The van der Waals surface area contributed by atoms with Crippen LogP contribution in [0, 0.1) is 0 Å². The van der Waals surface area contributed by atoms with Crippen molar-refractivity contribution in [3.8, 4) is 17.2 Å². The lowest BCUT2D eigenvalue weighted by Gasteiger charge is -2.14. The molecule has 0 spiro atoms. The van der Waals surface area contributed by atoms with Crippen molar-refractivity contribution in [3.05, 3.63) is 64.7 Å². The second-order valence-electron chi connectivity index (χ2n) is 5.92. The van der Waals surface area contributed by atoms with Gasteiger partial charge < -0.3 is 18.9 Å². The minimum Gasteiger partial charge on any atom is -0.493 e. The lowest BCUT2D eigenvalue weighted by atomic mass is 9.99. The molecule has 0 atom stereocenters. The normalized spacial score (nSPS) is 11.5. The molecule has 0 bridgehead atoms. The van der Waals surface area contributed by atoms with Crippen molar-refractivity contribution in [2.75, 3.05) is 28.4 Å². The quantitative estimate of drug-likeness (QED) is 0.225. The van der Waals surface area contributed by atoms with Crippen molar-refractivity contribution < 1.29 is 33.7 Å². The van der Waals surface area contributed by atoms with Crippen molar-refractivity contribution in [3.63, 3.8) is 0 Å². The topological polar surface area (TPSA) is 103 Å². The van der Waals surface area contributed by atoms with E-state index in [1.807, 2.05) is 6.07 Å². The summed E-state index contributed by atoms with van der Waals surface area (Å²) in [6.45, 7) is 0. The molecular weight excluding hydrogens is 390 g/mol. The molecule has 0 aliphatic rings. The van der Waals surface area contributed by atoms with Crippen LogP contribution >= 0.6 is 0 Å². The molecule has 0 heterocycles. The van der Waals surface area contributed by atoms with Crippen LogP contribution in [0.4, 0.5) is 0 Å². The first-order chi connectivity index (χ1) is 14.5. The molecule has 30 heavy (non-hydrogen) atoms. The fraction of sp³-hybridized carbons (Fsp3) is 0.182. The fourth-order valence-electron chi connectivity index (χ4n) is 2.75. The van der Waals surface area contributed by atoms with Crippen LogP contribution < -0.4 is 19.7 Å². The number of hydroxylamine groups is 1. The molecule has 0 unspecified atom stereocenters. The predicted octanol–water partition coefficient (Wildman–Crippen LogP) is 2.86. The van der Waals surface area contributed by atoms with Gasteiger partial charge in [-0.25, -0.2) is 10.3 Å². The molecule has 2 N–H and O–H groups in total. The molecular formula is C22H23NO7. The summed E-state index contributed by atoms with van der Waals surface area (Å²) in [7, 11) is 5.60. The number of carbonyl (C=O) groups excluding carboxylic acids is 2. The van der Waals surface area contributed by atoms with E-state index in [4.69, 9.17) is 18.9 Å². The van der Waals surface area contributed by atoms with Gasteiger partial charge >= 0.3 is 5.97 Å². The number of hydrogen-bond acceptors (Lipinski definition) is 7. The van der Waals surface area contributed by atoms with E-state index in [9.17, 15) is 14.8 Å². The average Bonchev–Trinajstić information content (AvgIpc) is 2.79. The highest BCUT2D eigenvalue weighted by Gasteiger charge is 2.22. The Balaban J connectivity index is 2.71. The number of rotatable bonds is 8. The molecule has 2 aromatic carbocycles. The third kappa shape index (κ3) is 5.18. The van der Waals surface area contributed by atoms with Gasteiger partial charge in [-0.1, -0.05) is 30.3 Å². The number of carbonyl (C=O) groups is 2. The van der Waals surface area contributed by atoms with E-state index in [0.29, 0.717) is 28.4 Å². The van der Waals surface area contributed by atoms with Gasteiger partial charge in [0.15, 0.2) is 11.5 Å². The summed E-state index contributed by atoms with van der Waals surface area (Å²) in [5.41, 5.74) is 2.52. The van der Waals surface area contributed by atoms with Crippen molar-refractivity contribution in [1.29, 1.82) is 0 Å². The summed E-state index contributed by atoms with van der Waals surface area (Å²) in [4.78, 5) is 24.9. The molecule has 0 aliphatic heterocycles. The van der Waals surface area contributed by atoms with Crippen molar-refractivity contribution in [1.82, 2.24) is 5.48 Å². The molecule has 0 radical (unpaired) electrons. The van der Waals surface area contributed by atoms with Crippen LogP contribution in [-0.2, 0) is 14.3 Å². The van der Waals surface area contributed by atoms with E-state index in [2.05, 4.69) is 0 Å². The Morgan fingerprint density at radius 2 is 1.40 bits per heavy atom. The van der Waals surface area contributed by atoms with Gasteiger partial charge in [-0.3, -0.25) is 10.0 Å². The summed E-state index contributed by atoms with van der Waals surface area (Å²) in [6.07, 6.45) is 2.90. The minimum absolute atomic E-state index is 0.0813. The Hall–Kier alpha value is -3.78. The van der Waals surface area contributed by atoms with Crippen LogP contribution in [0.5, 0.6) is 17.2 Å². The first-order valence-corrected chi connectivity index (χ1v) is 8.80. The van der Waals surface area contributed by atoms with Gasteiger partial charge in [0.2, 0.25) is 5.75 Å². The molecule has 1 amide bonds. The second-order valence-corrected chi connectivity index (χ2v) is 5.92. The van der Waals surface area contributed by atoms with E-state index >= 15 is 0 Å². The van der Waals surface area contributed by atoms with Gasteiger partial charge in [0.05, 0.1) is 39.6 Å². The molecule has 8 nitrogen and oxygen atoms in total. The number of methoxy groups -OCH3 is 4. The monoisotopic (exact) mass is 413 g/mol. The maximum atomic E-state index is 12.5. The molecule has 0 saturated carbocycles. The highest BCUT2D eigenvalue weighted by atomic mass is 16.5. The van der Waals surface area contributed by atoms with E-state index in [-0.39, 0.29) is 11.1 Å². The first-order valence-electron chi connectivity index (χ1n) is 8.80. The Kier molecular flexibility index (Phi) is 8.01. The van der Waals surface area contributed by atoms with Crippen molar-refractivity contribution in [2.45, 2.75) is 0 Å². The Morgan fingerprint density at radius 1 is 0.833 bits per heavy atom. The molecule has 0 aromatic heterocycles. The zero-order valence-corrected chi connectivity index (χ0v) is 17.1. The second kappa shape index (κ2) is 10.7. The van der Waals surface area contributed by atoms with Gasteiger partial charge in [0.1, 0.15) is 0 Å². The van der Waals surface area contributed by atoms with Gasteiger partial charge in [-0.15, -0.1) is 0 Å². The molecule has 158 valence electrons.